The molecule has 178 valence electrons. The molecule has 3 aromatic rings. The fourth-order valence-electron chi connectivity index (χ4n) is 4.50. The first-order chi connectivity index (χ1) is 16.9. The van der Waals surface area contributed by atoms with Crippen LogP contribution in [0.4, 0.5) is 11.4 Å². The van der Waals surface area contributed by atoms with Crippen molar-refractivity contribution in [1.82, 2.24) is 5.43 Å². The van der Waals surface area contributed by atoms with Gasteiger partial charge in [0, 0.05) is 36.7 Å². The van der Waals surface area contributed by atoms with Gasteiger partial charge >= 0.3 is 5.04 Å². The fourth-order valence-corrected chi connectivity index (χ4v) is 5.95. The summed E-state index contributed by atoms with van der Waals surface area (Å²) in [5.74, 6) is -0.00306. The molecule has 2 aliphatic rings. The number of rotatable bonds is 5. The lowest BCUT2D eigenvalue weighted by Crippen LogP contribution is -2.56. The van der Waals surface area contributed by atoms with Crippen molar-refractivity contribution in [3.8, 4) is 0 Å². The number of halogens is 1. The number of carbonyl (C=O) groups is 1. The van der Waals surface area contributed by atoms with Crippen molar-refractivity contribution in [3.63, 3.8) is 0 Å². The number of carbonyl (C=O) groups excluding carboxylic acids is 1. The molecule has 35 heavy (non-hydrogen) atoms. The van der Waals surface area contributed by atoms with E-state index in [1.807, 2.05) is 53.0 Å². The Morgan fingerprint density at radius 1 is 1.11 bits per heavy atom. The number of thioether (sulfide) groups is 1. The molecule has 0 amide bonds. The normalized spacial score (nSPS) is 19.7. The third kappa shape index (κ3) is 4.37. The van der Waals surface area contributed by atoms with Gasteiger partial charge in [0.15, 0.2) is 0 Å². The lowest BCUT2D eigenvalue weighted by molar-refractivity contribution is -0.510. The third-order valence-corrected chi connectivity index (χ3v) is 8.37. The summed E-state index contributed by atoms with van der Waals surface area (Å²) in [4.78, 5) is 12.2. The Labute approximate surface area is 215 Å². The van der Waals surface area contributed by atoms with Gasteiger partial charge in [0.25, 0.3) is 0 Å². The summed E-state index contributed by atoms with van der Waals surface area (Å²) in [5.41, 5.74) is 9.87. The number of hydrazine groups is 1. The van der Waals surface area contributed by atoms with Crippen LogP contribution in [0.2, 0.25) is 5.02 Å². The third-order valence-electron chi connectivity index (χ3n) is 6.50. The van der Waals surface area contributed by atoms with Crippen molar-refractivity contribution in [3.05, 3.63) is 94.5 Å². The second kappa shape index (κ2) is 9.51. The summed E-state index contributed by atoms with van der Waals surface area (Å²) < 4.78 is 1.89. The SMILES string of the molecule is CCc1ccc(C2=NN(c3ccccc3)C3(CC2)N[N+](c2cccc(Cl)c2C)=C(C(C)=O)S3)cc1. The average Bonchev–Trinajstić information content (AvgIpc) is 3.26. The highest BCUT2D eigenvalue weighted by atomic mass is 35.5. The van der Waals surface area contributed by atoms with Gasteiger partial charge in [0.1, 0.15) is 0 Å². The Bertz CT molecular complexity index is 1340. The second-order valence-corrected chi connectivity index (χ2v) is 10.5. The smallest absolute Gasteiger partial charge is 0.287 e. The molecule has 0 aromatic heterocycles. The molecular formula is C28H28ClN4OS+. The molecule has 1 unspecified atom stereocenters. The highest BCUT2D eigenvalue weighted by Gasteiger charge is 2.54. The maximum absolute atomic E-state index is 12.8. The molecule has 0 aliphatic carbocycles. The van der Waals surface area contributed by atoms with Crippen LogP contribution in [-0.4, -0.2) is 26.2 Å². The number of nitrogens with one attached hydrogen (secondary N) is 1. The van der Waals surface area contributed by atoms with Gasteiger partial charge in [-0.2, -0.15) is 10.5 Å². The number of para-hydroxylation sites is 1. The summed E-state index contributed by atoms with van der Waals surface area (Å²) in [5, 5.41) is 8.49. The van der Waals surface area contributed by atoms with E-state index in [2.05, 4.69) is 48.7 Å². The van der Waals surface area contributed by atoms with Gasteiger partial charge in [-0.15, -0.1) is 0 Å². The summed E-state index contributed by atoms with van der Waals surface area (Å²) >= 11 is 7.97. The Balaban J connectivity index is 1.59. The summed E-state index contributed by atoms with van der Waals surface area (Å²) in [6.45, 7) is 5.74. The van der Waals surface area contributed by atoms with Crippen molar-refractivity contribution in [2.24, 2.45) is 5.10 Å². The Morgan fingerprint density at radius 2 is 1.86 bits per heavy atom. The van der Waals surface area contributed by atoms with Crippen molar-refractivity contribution in [2.45, 2.75) is 45.0 Å². The first kappa shape index (κ1) is 23.6. The number of aryl methyl sites for hydroxylation is 1. The van der Waals surface area contributed by atoms with E-state index in [4.69, 9.17) is 16.7 Å². The molecule has 2 aliphatic heterocycles. The van der Waals surface area contributed by atoms with Crippen LogP contribution in [0, 0.1) is 6.92 Å². The molecule has 5 rings (SSSR count). The van der Waals surface area contributed by atoms with E-state index in [1.165, 1.54) is 17.3 Å². The van der Waals surface area contributed by atoms with E-state index in [0.717, 1.165) is 47.5 Å². The molecule has 1 spiro atoms. The van der Waals surface area contributed by atoms with Crippen molar-refractivity contribution < 1.29 is 9.48 Å². The van der Waals surface area contributed by atoms with Gasteiger partial charge in [0.05, 0.1) is 16.4 Å². The van der Waals surface area contributed by atoms with Gasteiger partial charge in [-0.25, -0.2) is 5.01 Å². The van der Waals surface area contributed by atoms with E-state index in [0.29, 0.717) is 10.1 Å². The van der Waals surface area contributed by atoms with Crippen molar-refractivity contribution >= 4 is 51.3 Å². The minimum Gasteiger partial charge on any atom is -0.287 e. The van der Waals surface area contributed by atoms with E-state index in [9.17, 15) is 4.79 Å². The number of Topliss-reactive ketones (excluding diaryl/α,β-unsaturated/α-hetero) is 1. The fraction of sp³-hybridized carbons (Fsp3) is 0.250. The van der Waals surface area contributed by atoms with E-state index < -0.39 is 4.99 Å². The molecule has 2 heterocycles. The average molecular weight is 504 g/mol. The zero-order chi connectivity index (χ0) is 24.6. The molecule has 0 saturated carbocycles. The minimum absolute atomic E-state index is 0.00306. The van der Waals surface area contributed by atoms with Crippen molar-refractivity contribution in [1.29, 1.82) is 0 Å². The van der Waals surface area contributed by atoms with E-state index in [-0.39, 0.29) is 5.78 Å². The number of hydrogen-bond donors (Lipinski definition) is 1. The van der Waals surface area contributed by atoms with Crippen LogP contribution in [-0.2, 0) is 11.2 Å². The Hall–Kier alpha value is -3.09. The lowest BCUT2D eigenvalue weighted by Gasteiger charge is -2.39. The monoisotopic (exact) mass is 503 g/mol. The molecule has 1 atom stereocenters. The number of nitrogens with zero attached hydrogens (tertiary/aromatic N) is 3. The van der Waals surface area contributed by atoms with Gasteiger partial charge in [0.2, 0.25) is 16.5 Å². The lowest BCUT2D eigenvalue weighted by atomic mass is 10.0. The second-order valence-electron chi connectivity index (χ2n) is 8.82. The van der Waals surface area contributed by atoms with Gasteiger partial charge < -0.3 is 0 Å². The summed E-state index contributed by atoms with van der Waals surface area (Å²) in [6.07, 6.45) is 2.55. The molecule has 0 radical (unpaired) electrons. The van der Waals surface area contributed by atoms with Gasteiger partial charge in [-0.3, -0.25) is 4.79 Å². The Kier molecular flexibility index (Phi) is 6.43. The number of benzene rings is 3. The van der Waals surface area contributed by atoms with Crippen LogP contribution in [0.5, 0.6) is 0 Å². The van der Waals surface area contributed by atoms with Crippen LogP contribution >= 0.6 is 23.4 Å². The molecule has 0 bridgehead atoms. The van der Waals surface area contributed by atoms with Crippen LogP contribution in [0.15, 0.2) is 77.9 Å². The minimum atomic E-state index is -0.649. The zero-order valence-electron chi connectivity index (χ0n) is 20.1. The molecule has 7 heteroatoms. The molecule has 3 aromatic carbocycles. The largest absolute Gasteiger partial charge is 0.316 e. The standard InChI is InChI=1S/C28H27ClN4OS/c1-4-21-13-15-22(16-14-21)25-17-18-28(33(30-25)23-9-6-5-7-10-23)31-32(27(35-28)20(3)34)26-12-8-11-24(29)19(26)2/h5-16H,4,17-18H2,1-3H3/p+1. The topological polar surface area (TPSA) is 47.7 Å². The zero-order valence-corrected chi connectivity index (χ0v) is 21.7. The van der Waals surface area contributed by atoms with Crippen molar-refractivity contribution in [2.75, 3.05) is 5.01 Å². The summed E-state index contributed by atoms with van der Waals surface area (Å²) in [6, 6.07) is 24.5. The molecule has 1 N–H and O–H groups in total. The van der Waals surface area contributed by atoms with Gasteiger partial charge in [-0.05, 0) is 49.1 Å². The van der Waals surface area contributed by atoms with Crippen LogP contribution < -0.4 is 10.4 Å². The quantitative estimate of drug-likeness (QED) is 0.406. The van der Waals surface area contributed by atoms with Crippen LogP contribution in [0.1, 0.15) is 43.4 Å². The number of hydrogen-bond acceptors (Lipinski definition) is 5. The summed E-state index contributed by atoms with van der Waals surface area (Å²) in [7, 11) is 0. The number of anilines is 1. The highest BCUT2D eigenvalue weighted by molar-refractivity contribution is 8.16. The molecule has 0 fully saturated rings. The molecule has 0 saturated heterocycles. The highest BCUT2D eigenvalue weighted by Crippen LogP contribution is 2.44. The maximum Gasteiger partial charge on any atom is 0.316 e. The molecule has 5 nitrogen and oxygen atoms in total. The van der Waals surface area contributed by atoms with E-state index in [1.54, 1.807) is 6.92 Å². The maximum atomic E-state index is 12.8. The van der Waals surface area contributed by atoms with Crippen LogP contribution in [0.25, 0.3) is 0 Å². The van der Waals surface area contributed by atoms with E-state index >= 15 is 0 Å². The number of ketones is 1. The first-order valence-electron chi connectivity index (χ1n) is 11.8. The first-order valence-corrected chi connectivity index (χ1v) is 13.0. The Morgan fingerprint density at radius 3 is 2.54 bits per heavy atom. The van der Waals surface area contributed by atoms with Crippen LogP contribution in [0.3, 0.4) is 0 Å². The molecular weight excluding hydrogens is 476 g/mol. The number of hydrazone groups is 2. The predicted molar refractivity (Wildman–Crippen MR) is 146 cm³/mol. The van der Waals surface area contributed by atoms with Gasteiger partial charge in [-0.1, -0.05) is 71.7 Å². The predicted octanol–water partition coefficient (Wildman–Crippen LogP) is 6.45.